The number of carbonyl (C=O) groups is 1. The minimum absolute atomic E-state index is 0.242. The lowest BCUT2D eigenvalue weighted by molar-refractivity contribution is -0.388. The molecule has 1 N–H and O–H groups in total. The maximum atomic E-state index is 14.3. The Balaban J connectivity index is 1.94. The summed E-state index contributed by atoms with van der Waals surface area (Å²) in [7, 11) is 0. The number of hydrogen-bond donors (Lipinski definition) is 1. The Bertz CT molecular complexity index is 1100. The van der Waals surface area contributed by atoms with Gasteiger partial charge in [0.15, 0.2) is 11.6 Å². The van der Waals surface area contributed by atoms with Crippen LogP contribution in [-0.4, -0.2) is 10.8 Å². The molecule has 10 heteroatoms. The smallest absolute Gasteiger partial charge is 0.423 e. The highest BCUT2D eigenvalue weighted by atomic mass is 19.4. The summed E-state index contributed by atoms with van der Waals surface area (Å²) in [6.45, 7) is 0. The molecule has 0 spiro atoms. The third-order valence-corrected chi connectivity index (χ3v) is 3.93. The number of nitrogens with zero attached hydrogens (tertiary/aromatic N) is 1. The van der Waals surface area contributed by atoms with Crippen molar-refractivity contribution in [3.63, 3.8) is 0 Å². The summed E-state index contributed by atoms with van der Waals surface area (Å²) in [6.07, 6.45) is -5.01. The highest BCUT2D eigenvalue weighted by Crippen LogP contribution is 2.38. The van der Waals surface area contributed by atoms with E-state index < -0.39 is 39.8 Å². The number of hydrogen-bond acceptors (Lipinski definition) is 4. The lowest BCUT2D eigenvalue weighted by Crippen LogP contribution is -2.15. The van der Waals surface area contributed by atoms with Crippen LogP contribution >= 0.6 is 0 Å². The van der Waals surface area contributed by atoms with Crippen molar-refractivity contribution in [1.82, 2.24) is 0 Å². The molecule has 0 bridgehead atoms. The predicted octanol–water partition coefficient (Wildman–Crippen LogP) is 5.80. The van der Waals surface area contributed by atoms with Crippen molar-refractivity contribution in [3.05, 3.63) is 93.8 Å². The third-order valence-electron chi connectivity index (χ3n) is 3.93. The Hall–Kier alpha value is -3.95. The first-order valence-corrected chi connectivity index (χ1v) is 8.35. The van der Waals surface area contributed by atoms with Gasteiger partial charge in [-0.3, -0.25) is 14.9 Å². The fourth-order valence-corrected chi connectivity index (χ4v) is 2.60. The normalized spacial score (nSPS) is 11.1. The summed E-state index contributed by atoms with van der Waals surface area (Å²) in [6, 6.07) is 13.6. The molecule has 0 atom stereocenters. The largest absolute Gasteiger partial charge is 0.453 e. The van der Waals surface area contributed by atoms with E-state index in [1.54, 1.807) is 18.2 Å². The molecule has 3 aromatic carbocycles. The van der Waals surface area contributed by atoms with E-state index >= 15 is 0 Å². The van der Waals surface area contributed by atoms with Gasteiger partial charge in [0.05, 0.1) is 10.5 Å². The average molecular weight is 420 g/mol. The van der Waals surface area contributed by atoms with E-state index in [1.807, 2.05) is 0 Å². The standard InChI is InChI=1S/C20H12F4N2O4/c21-16-8-4-7-14(18(16)30-13-5-2-1-3-6-13)19(27)25-12-9-10-17(26(28)29)15(11-12)20(22,23)24/h1-11H,(H,25,27). The second-order valence-electron chi connectivity index (χ2n) is 5.97. The molecule has 3 rings (SSSR count). The summed E-state index contributed by atoms with van der Waals surface area (Å²) in [4.78, 5) is 22.2. The van der Waals surface area contributed by atoms with Crippen LogP contribution in [-0.2, 0) is 6.18 Å². The summed E-state index contributed by atoms with van der Waals surface area (Å²) < 4.78 is 59.1. The SMILES string of the molecule is O=C(Nc1ccc([N+](=O)[O-])c(C(F)(F)F)c1)c1cccc(F)c1Oc1ccccc1. The van der Waals surface area contributed by atoms with Crippen LogP contribution in [0.1, 0.15) is 15.9 Å². The van der Waals surface area contributed by atoms with Crippen molar-refractivity contribution in [3.8, 4) is 11.5 Å². The molecule has 0 aliphatic rings. The Morgan fingerprint density at radius 2 is 1.70 bits per heavy atom. The molecule has 0 aliphatic heterocycles. The maximum Gasteiger partial charge on any atom is 0.423 e. The number of ether oxygens (including phenoxy) is 1. The quantitative estimate of drug-likeness (QED) is 0.321. The first-order chi connectivity index (χ1) is 14.2. The van der Waals surface area contributed by atoms with Crippen molar-refractivity contribution in [2.24, 2.45) is 0 Å². The first-order valence-electron chi connectivity index (χ1n) is 8.35. The third kappa shape index (κ3) is 4.54. The number of amides is 1. The van der Waals surface area contributed by atoms with Crippen molar-refractivity contribution >= 4 is 17.3 Å². The van der Waals surface area contributed by atoms with Crippen LogP contribution in [0, 0.1) is 15.9 Å². The number of nitro groups is 1. The average Bonchev–Trinajstić information content (AvgIpc) is 2.69. The number of alkyl halides is 3. The summed E-state index contributed by atoms with van der Waals surface area (Å²) in [5, 5.41) is 13.0. The molecule has 0 aromatic heterocycles. The number of halogens is 4. The Morgan fingerprint density at radius 1 is 1.00 bits per heavy atom. The lowest BCUT2D eigenvalue weighted by Gasteiger charge is -2.13. The first kappa shape index (κ1) is 20.8. The summed E-state index contributed by atoms with van der Waals surface area (Å²) in [5.41, 5.74) is -3.30. The topological polar surface area (TPSA) is 81.5 Å². The molecule has 3 aromatic rings. The number of benzene rings is 3. The molecule has 30 heavy (non-hydrogen) atoms. The van der Waals surface area contributed by atoms with E-state index in [4.69, 9.17) is 4.74 Å². The van der Waals surface area contributed by atoms with Crippen molar-refractivity contribution in [1.29, 1.82) is 0 Å². The van der Waals surface area contributed by atoms with Crippen molar-refractivity contribution in [2.75, 3.05) is 5.32 Å². The van der Waals surface area contributed by atoms with Gasteiger partial charge in [0.1, 0.15) is 11.3 Å². The molecule has 0 heterocycles. The molecule has 6 nitrogen and oxygen atoms in total. The van der Waals surface area contributed by atoms with E-state index in [0.717, 1.165) is 12.1 Å². The van der Waals surface area contributed by atoms with Gasteiger partial charge in [0.2, 0.25) is 0 Å². The van der Waals surface area contributed by atoms with Gasteiger partial charge >= 0.3 is 6.18 Å². The van der Waals surface area contributed by atoms with Crippen LogP contribution in [0.15, 0.2) is 66.7 Å². The van der Waals surface area contributed by atoms with E-state index in [9.17, 15) is 32.5 Å². The summed E-state index contributed by atoms with van der Waals surface area (Å²) in [5.74, 6) is -1.99. The number of carbonyl (C=O) groups excluding carboxylic acids is 1. The number of rotatable bonds is 5. The van der Waals surface area contributed by atoms with Crippen LogP contribution in [0.25, 0.3) is 0 Å². The zero-order valence-electron chi connectivity index (χ0n) is 14.9. The van der Waals surface area contributed by atoms with Gasteiger partial charge < -0.3 is 10.1 Å². The highest BCUT2D eigenvalue weighted by Gasteiger charge is 2.38. The molecule has 0 saturated heterocycles. The predicted molar refractivity (Wildman–Crippen MR) is 99.0 cm³/mol. The second-order valence-corrected chi connectivity index (χ2v) is 5.97. The van der Waals surface area contributed by atoms with Crippen LogP contribution in [0.4, 0.5) is 28.9 Å². The zero-order chi connectivity index (χ0) is 21.9. The monoisotopic (exact) mass is 420 g/mol. The van der Waals surface area contributed by atoms with Crippen LogP contribution < -0.4 is 10.1 Å². The van der Waals surface area contributed by atoms with E-state index in [-0.39, 0.29) is 17.0 Å². The van der Waals surface area contributed by atoms with Gasteiger partial charge in [-0.25, -0.2) is 4.39 Å². The molecular formula is C20H12F4N2O4. The Kier molecular flexibility index (Phi) is 5.67. The minimum Gasteiger partial charge on any atom is -0.453 e. The lowest BCUT2D eigenvalue weighted by atomic mass is 10.1. The van der Waals surface area contributed by atoms with Crippen molar-refractivity contribution in [2.45, 2.75) is 6.18 Å². The number of anilines is 1. The van der Waals surface area contributed by atoms with Crippen LogP contribution in [0.2, 0.25) is 0 Å². The van der Waals surface area contributed by atoms with Gasteiger partial charge in [-0.15, -0.1) is 0 Å². The molecule has 0 fully saturated rings. The fourth-order valence-electron chi connectivity index (χ4n) is 2.60. The fraction of sp³-hybridized carbons (Fsp3) is 0.0500. The molecule has 0 unspecified atom stereocenters. The van der Waals surface area contributed by atoms with Crippen LogP contribution in [0.3, 0.4) is 0 Å². The van der Waals surface area contributed by atoms with Gasteiger partial charge in [0, 0.05) is 11.8 Å². The Morgan fingerprint density at radius 3 is 2.33 bits per heavy atom. The van der Waals surface area contributed by atoms with E-state index in [2.05, 4.69) is 5.32 Å². The second kappa shape index (κ2) is 8.19. The highest BCUT2D eigenvalue weighted by molar-refractivity contribution is 6.06. The van der Waals surface area contributed by atoms with Gasteiger partial charge in [-0.2, -0.15) is 13.2 Å². The van der Waals surface area contributed by atoms with Crippen LogP contribution in [0.5, 0.6) is 11.5 Å². The number of para-hydroxylation sites is 2. The molecule has 154 valence electrons. The molecule has 0 radical (unpaired) electrons. The number of nitrogens with one attached hydrogen (secondary N) is 1. The zero-order valence-corrected chi connectivity index (χ0v) is 14.9. The molecular weight excluding hydrogens is 408 g/mol. The minimum atomic E-state index is -5.01. The summed E-state index contributed by atoms with van der Waals surface area (Å²) >= 11 is 0. The van der Waals surface area contributed by atoms with Gasteiger partial charge in [-0.1, -0.05) is 24.3 Å². The van der Waals surface area contributed by atoms with Gasteiger partial charge in [0.25, 0.3) is 11.6 Å². The van der Waals surface area contributed by atoms with E-state index in [1.165, 1.54) is 24.3 Å². The van der Waals surface area contributed by atoms with E-state index in [0.29, 0.717) is 12.1 Å². The molecule has 1 amide bonds. The maximum absolute atomic E-state index is 14.3. The Labute approximate surface area is 166 Å². The number of nitro benzene ring substituents is 1. The van der Waals surface area contributed by atoms with Gasteiger partial charge in [-0.05, 0) is 36.4 Å². The van der Waals surface area contributed by atoms with Crippen molar-refractivity contribution < 1.29 is 32.0 Å². The molecule has 0 saturated carbocycles. The molecule has 0 aliphatic carbocycles.